The van der Waals surface area contributed by atoms with E-state index in [0.717, 1.165) is 31.0 Å². The van der Waals surface area contributed by atoms with Crippen LogP contribution in [0.1, 0.15) is 41.0 Å². The number of hydrogen-bond acceptors (Lipinski definition) is 5. The number of benzene rings is 1. The highest BCUT2D eigenvalue weighted by atomic mass is 16.3. The van der Waals surface area contributed by atoms with E-state index in [9.17, 15) is 5.11 Å². The Kier molecular flexibility index (Phi) is 6.62. The second-order valence-electron chi connectivity index (χ2n) is 6.38. The number of nitrogens with zero attached hydrogens (tertiary/aromatic N) is 3. The molecule has 0 saturated heterocycles. The molecule has 0 bridgehead atoms. The van der Waals surface area contributed by atoms with Gasteiger partial charge in [-0.15, -0.1) is 10.2 Å². The molecule has 2 N–H and O–H groups in total. The van der Waals surface area contributed by atoms with Gasteiger partial charge >= 0.3 is 0 Å². The summed E-state index contributed by atoms with van der Waals surface area (Å²) in [5.74, 6) is 1.67. The minimum atomic E-state index is 0.229. The van der Waals surface area contributed by atoms with Crippen LogP contribution in [0.3, 0.4) is 0 Å². The Labute approximate surface area is 151 Å². The van der Waals surface area contributed by atoms with Gasteiger partial charge < -0.3 is 15.3 Å². The quantitative estimate of drug-likeness (QED) is 0.854. The van der Waals surface area contributed by atoms with E-state index in [1.54, 1.807) is 6.07 Å². The third kappa shape index (κ3) is 4.21. The zero-order chi connectivity index (χ0) is 18.4. The van der Waals surface area contributed by atoms with Crippen molar-refractivity contribution in [2.24, 2.45) is 5.92 Å². The van der Waals surface area contributed by atoms with Gasteiger partial charge in [-0.25, -0.2) is 0 Å². The van der Waals surface area contributed by atoms with Crippen molar-refractivity contribution in [3.8, 4) is 17.0 Å². The number of phenolic OH excluding ortho intramolecular Hbond substituents is 1. The van der Waals surface area contributed by atoms with Gasteiger partial charge in [0.05, 0.1) is 11.4 Å². The molecule has 1 aliphatic rings. The molecule has 2 heterocycles. The highest BCUT2D eigenvalue weighted by molar-refractivity contribution is 5.76. The van der Waals surface area contributed by atoms with Gasteiger partial charge in [-0.3, -0.25) is 0 Å². The van der Waals surface area contributed by atoms with Crippen LogP contribution in [0.15, 0.2) is 30.3 Å². The number of nitrogens with one attached hydrogen (secondary N) is 1. The molecule has 0 fully saturated rings. The van der Waals surface area contributed by atoms with Gasteiger partial charge in [-0.1, -0.05) is 46.2 Å². The van der Waals surface area contributed by atoms with Gasteiger partial charge in [0.25, 0.3) is 0 Å². The van der Waals surface area contributed by atoms with E-state index in [1.807, 2.05) is 38.1 Å². The molecule has 0 saturated carbocycles. The summed E-state index contributed by atoms with van der Waals surface area (Å²) in [5.41, 5.74) is 2.48. The first-order valence-electron chi connectivity index (χ1n) is 9.26. The predicted molar refractivity (Wildman–Crippen MR) is 105 cm³/mol. The minimum absolute atomic E-state index is 0.229. The van der Waals surface area contributed by atoms with E-state index in [0.29, 0.717) is 23.2 Å². The molecule has 2 unspecified atom stereocenters. The summed E-state index contributed by atoms with van der Waals surface area (Å²) in [6, 6.07) is 9.68. The molecular formula is C20H30N4O. The van der Waals surface area contributed by atoms with Crippen LogP contribution in [0.4, 0.5) is 11.5 Å². The largest absolute Gasteiger partial charge is 0.507 e. The van der Waals surface area contributed by atoms with Crippen molar-refractivity contribution in [2.75, 3.05) is 23.3 Å². The normalized spacial score (nSPS) is 17.0. The lowest BCUT2D eigenvalue weighted by molar-refractivity contribution is 0.477. The van der Waals surface area contributed by atoms with Crippen LogP contribution in [0.25, 0.3) is 11.3 Å². The van der Waals surface area contributed by atoms with Crippen molar-refractivity contribution in [1.82, 2.24) is 10.2 Å². The molecule has 0 aliphatic carbocycles. The van der Waals surface area contributed by atoms with Crippen molar-refractivity contribution < 1.29 is 5.11 Å². The molecule has 1 aliphatic heterocycles. The second-order valence-corrected chi connectivity index (χ2v) is 6.38. The van der Waals surface area contributed by atoms with E-state index >= 15 is 0 Å². The number of anilines is 2. The fourth-order valence-corrected chi connectivity index (χ4v) is 2.88. The van der Waals surface area contributed by atoms with E-state index < -0.39 is 0 Å². The summed E-state index contributed by atoms with van der Waals surface area (Å²) in [5, 5.41) is 22.0. The first-order chi connectivity index (χ1) is 12.1. The summed E-state index contributed by atoms with van der Waals surface area (Å²) < 4.78 is 0. The van der Waals surface area contributed by atoms with Crippen molar-refractivity contribution in [3.63, 3.8) is 0 Å². The van der Waals surface area contributed by atoms with Gasteiger partial charge in [-0.05, 0) is 31.0 Å². The Morgan fingerprint density at radius 2 is 2.00 bits per heavy atom. The maximum Gasteiger partial charge on any atom is 0.172 e. The highest BCUT2D eigenvalue weighted by Gasteiger charge is 2.26. The van der Waals surface area contributed by atoms with E-state index in [4.69, 9.17) is 0 Å². The minimum Gasteiger partial charge on any atom is -0.507 e. The predicted octanol–water partition coefficient (Wildman–Crippen LogP) is 4.54. The van der Waals surface area contributed by atoms with Crippen LogP contribution in [0.5, 0.6) is 5.75 Å². The zero-order valence-corrected chi connectivity index (χ0v) is 16.0. The number of hydrogen-bond donors (Lipinski definition) is 2. The van der Waals surface area contributed by atoms with Crippen LogP contribution in [-0.2, 0) is 0 Å². The molecule has 0 amide bonds. The average Bonchev–Trinajstić information content (AvgIpc) is 2.65. The molecule has 136 valence electrons. The maximum atomic E-state index is 10.1. The Hall–Kier alpha value is -2.30. The molecule has 5 heteroatoms. The topological polar surface area (TPSA) is 61.3 Å². The molecule has 5 nitrogen and oxygen atoms in total. The molecule has 25 heavy (non-hydrogen) atoms. The molecule has 1 aromatic carbocycles. The summed E-state index contributed by atoms with van der Waals surface area (Å²) in [6.07, 6.45) is 1.15. The molecular weight excluding hydrogens is 312 g/mol. The molecule has 2 atom stereocenters. The number of phenols is 1. The lowest BCUT2D eigenvalue weighted by Gasteiger charge is -2.38. The van der Waals surface area contributed by atoms with Gasteiger partial charge in [-0.2, -0.15) is 0 Å². The Morgan fingerprint density at radius 3 is 2.68 bits per heavy atom. The standard InChI is InChI=1S/C18H24N4O.C2H6/c1-4-12(2)11-22-13(3)10-19-18-16(22)9-15(20-21-18)14-7-5-6-8-17(14)23;1-2/h5-9,12-13,23H,4,10-11H2,1-3H3,(H,19,21);1-2H3. The van der Waals surface area contributed by atoms with Crippen molar-refractivity contribution in [1.29, 1.82) is 0 Å². The van der Waals surface area contributed by atoms with Crippen LogP contribution in [0.2, 0.25) is 0 Å². The summed E-state index contributed by atoms with van der Waals surface area (Å²) in [6.45, 7) is 12.6. The molecule has 0 spiro atoms. The Bertz CT molecular complexity index is 689. The van der Waals surface area contributed by atoms with E-state index in [1.165, 1.54) is 0 Å². The zero-order valence-electron chi connectivity index (χ0n) is 16.0. The van der Waals surface area contributed by atoms with Crippen molar-refractivity contribution in [2.45, 2.75) is 47.1 Å². The Morgan fingerprint density at radius 1 is 1.28 bits per heavy atom. The van der Waals surface area contributed by atoms with Gasteiger partial charge in [0.15, 0.2) is 5.82 Å². The summed E-state index contributed by atoms with van der Waals surface area (Å²) >= 11 is 0. The van der Waals surface area contributed by atoms with Crippen LogP contribution in [-0.4, -0.2) is 34.4 Å². The lowest BCUT2D eigenvalue weighted by atomic mass is 10.0. The number of fused-ring (bicyclic) bond motifs is 1. The number of para-hydroxylation sites is 1. The lowest BCUT2D eigenvalue weighted by Crippen LogP contribution is -2.44. The third-order valence-electron chi connectivity index (χ3n) is 4.57. The number of aromatic nitrogens is 2. The van der Waals surface area contributed by atoms with Crippen LogP contribution < -0.4 is 10.2 Å². The molecule has 2 aromatic rings. The SMILES string of the molecule is CC.CCC(C)CN1c2cc(-c3ccccc3O)nnc2NCC1C. The Balaban J connectivity index is 0.00000109. The first-order valence-corrected chi connectivity index (χ1v) is 9.26. The van der Waals surface area contributed by atoms with Crippen molar-refractivity contribution >= 4 is 11.5 Å². The summed E-state index contributed by atoms with van der Waals surface area (Å²) in [4.78, 5) is 2.40. The average molecular weight is 342 g/mol. The first kappa shape index (κ1) is 19.0. The van der Waals surface area contributed by atoms with Gasteiger partial charge in [0, 0.05) is 24.7 Å². The van der Waals surface area contributed by atoms with Gasteiger partial charge in [0.1, 0.15) is 5.75 Å². The number of rotatable bonds is 4. The highest BCUT2D eigenvalue weighted by Crippen LogP contribution is 2.35. The van der Waals surface area contributed by atoms with E-state index in [2.05, 4.69) is 41.2 Å². The monoisotopic (exact) mass is 342 g/mol. The molecule has 3 rings (SSSR count). The fraction of sp³-hybridized carbons (Fsp3) is 0.500. The van der Waals surface area contributed by atoms with Crippen LogP contribution in [0, 0.1) is 5.92 Å². The maximum absolute atomic E-state index is 10.1. The molecule has 1 aromatic heterocycles. The summed E-state index contributed by atoms with van der Waals surface area (Å²) in [7, 11) is 0. The van der Waals surface area contributed by atoms with E-state index in [-0.39, 0.29) is 5.75 Å². The third-order valence-corrected chi connectivity index (χ3v) is 4.57. The smallest absolute Gasteiger partial charge is 0.172 e. The van der Waals surface area contributed by atoms with Gasteiger partial charge in [0.2, 0.25) is 0 Å². The number of aromatic hydroxyl groups is 1. The van der Waals surface area contributed by atoms with Crippen molar-refractivity contribution in [3.05, 3.63) is 30.3 Å². The fourth-order valence-electron chi connectivity index (χ4n) is 2.88. The van der Waals surface area contributed by atoms with Crippen LogP contribution >= 0.6 is 0 Å². The second kappa shape index (κ2) is 8.70. The molecule has 0 radical (unpaired) electrons.